The molecule has 1 amide bonds. The van der Waals surface area contributed by atoms with Gasteiger partial charge in [0.2, 0.25) is 0 Å². The highest BCUT2D eigenvalue weighted by atomic mass is 16.1. The molecule has 2 heterocycles. The van der Waals surface area contributed by atoms with Gasteiger partial charge in [-0.15, -0.1) is 0 Å². The van der Waals surface area contributed by atoms with Gasteiger partial charge in [0.1, 0.15) is 5.56 Å². The van der Waals surface area contributed by atoms with Crippen molar-refractivity contribution in [3.8, 4) is 22.4 Å². The number of benzene rings is 3. The molecule has 31 heavy (non-hydrogen) atoms. The first kappa shape index (κ1) is 18.8. The molecule has 2 aromatic heterocycles. The predicted molar refractivity (Wildman–Crippen MR) is 121 cm³/mol. The van der Waals surface area contributed by atoms with Gasteiger partial charge in [-0.3, -0.25) is 4.79 Å². The summed E-state index contributed by atoms with van der Waals surface area (Å²) in [5.74, 6) is -0.192. The summed E-state index contributed by atoms with van der Waals surface area (Å²) in [5.41, 5.74) is 6.24. The highest BCUT2D eigenvalue weighted by molar-refractivity contribution is 5.99. The smallest absolute Gasteiger partial charge is 0.257 e. The molecule has 0 radical (unpaired) electrons. The summed E-state index contributed by atoms with van der Waals surface area (Å²) in [7, 11) is 0. The first-order valence-electron chi connectivity index (χ1n) is 10.1. The molecule has 0 unspecified atom stereocenters. The Labute approximate surface area is 180 Å². The molecule has 0 fully saturated rings. The number of aromatic nitrogens is 3. The number of hydrogen-bond donors (Lipinski definition) is 1. The molecule has 0 aliphatic rings. The predicted octanol–water partition coefficient (Wildman–Crippen LogP) is 4.99. The monoisotopic (exact) mass is 404 g/mol. The van der Waals surface area contributed by atoms with E-state index in [1.807, 2.05) is 54.6 Å². The van der Waals surface area contributed by atoms with Gasteiger partial charge in [-0.2, -0.15) is 5.10 Å². The fourth-order valence-electron chi connectivity index (χ4n) is 3.61. The molecule has 0 aliphatic heterocycles. The summed E-state index contributed by atoms with van der Waals surface area (Å²) in [4.78, 5) is 17.1. The van der Waals surface area contributed by atoms with E-state index in [1.165, 1.54) is 5.56 Å². The number of carbonyl (C=O) groups excluding carboxylic acids is 1. The topological polar surface area (TPSA) is 59.3 Å². The lowest BCUT2D eigenvalue weighted by Gasteiger charge is -2.07. The fourth-order valence-corrected chi connectivity index (χ4v) is 3.61. The van der Waals surface area contributed by atoms with Gasteiger partial charge in [0.25, 0.3) is 5.91 Å². The van der Waals surface area contributed by atoms with Gasteiger partial charge in [-0.25, -0.2) is 9.50 Å². The Bertz CT molecular complexity index is 1330. The van der Waals surface area contributed by atoms with E-state index >= 15 is 0 Å². The van der Waals surface area contributed by atoms with Crippen LogP contribution in [0.1, 0.15) is 15.9 Å². The molecule has 5 nitrogen and oxygen atoms in total. The molecular weight excluding hydrogens is 384 g/mol. The lowest BCUT2D eigenvalue weighted by atomic mass is 10.0. The van der Waals surface area contributed by atoms with Crippen LogP contribution in [-0.4, -0.2) is 20.5 Å². The lowest BCUT2D eigenvalue weighted by molar-refractivity contribution is 0.0952. The van der Waals surface area contributed by atoms with E-state index in [2.05, 4.69) is 51.8 Å². The Kier molecular flexibility index (Phi) is 4.99. The molecule has 5 rings (SSSR count). The van der Waals surface area contributed by atoms with Crippen LogP contribution in [0.3, 0.4) is 0 Å². The summed E-state index contributed by atoms with van der Waals surface area (Å²) in [5, 5.41) is 7.39. The van der Waals surface area contributed by atoms with Crippen molar-refractivity contribution in [2.24, 2.45) is 0 Å². The van der Waals surface area contributed by atoms with Crippen molar-refractivity contribution in [3.05, 3.63) is 115 Å². The van der Waals surface area contributed by atoms with Crippen LogP contribution in [-0.2, 0) is 6.54 Å². The molecule has 0 atom stereocenters. The van der Waals surface area contributed by atoms with Gasteiger partial charge in [-0.1, -0.05) is 84.9 Å². The Morgan fingerprint density at radius 2 is 1.42 bits per heavy atom. The molecule has 1 N–H and O–H groups in total. The largest absolute Gasteiger partial charge is 0.348 e. The van der Waals surface area contributed by atoms with Gasteiger partial charge in [0, 0.05) is 18.3 Å². The van der Waals surface area contributed by atoms with Gasteiger partial charge >= 0.3 is 0 Å². The minimum atomic E-state index is -0.192. The molecule has 0 saturated carbocycles. The maximum Gasteiger partial charge on any atom is 0.257 e. The number of rotatable bonds is 5. The van der Waals surface area contributed by atoms with Crippen LogP contribution in [0.4, 0.5) is 0 Å². The zero-order valence-electron chi connectivity index (χ0n) is 16.8. The van der Waals surface area contributed by atoms with Crippen molar-refractivity contribution in [2.45, 2.75) is 6.54 Å². The molecular formula is C26H20N4O. The van der Waals surface area contributed by atoms with E-state index in [-0.39, 0.29) is 5.91 Å². The SMILES string of the molecule is O=C(NCc1ccccc1)c1cnn2c(-c3ccc(-c4ccccc4)cc3)ccnc12. The Morgan fingerprint density at radius 1 is 0.774 bits per heavy atom. The maximum absolute atomic E-state index is 12.7. The van der Waals surface area contributed by atoms with E-state index < -0.39 is 0 Å². The quantitative estimate of drug-likeness (QED) is 0.449. The van der Waals surface area contributed by atoms with E-state index in [9.17, 15) is 4.79 Å². The fraction of sp³-hybridized carbons (Fsp3) is 0.0385. The average molecular weight is 404 g/mol. The standard InChI is InChI=1S/C26H20N4O/c31-26(28-17-19-7-3-1-4-8-19)23-18-29-30-24(15-16-27-25(23)30)22-13-11-21(12-14-22)20-9-5-2-6-10-20/h1-16,18H,17H2,(H,28,31). The van der Waals surface area contributed by atoms with E-state index in [4.69, 9.17) is 0 Å². The molecule has 3 aromatic carbocycles. The highest BCUT2D eigenvalue weighted by Crippen LogP contribution is 2.25. The summed E-state index contributed by atoms with van der Waals surface area (Å²) in [6, 6.07) is 30.3. The third-order valence-electron chi connectivity index (χ3n) is 5.23. The van der Waals surface area contributed by atoms with Crippen molar-refractivity contribution in [1.82, 2.24) is 19.9 Å². The molecule has 0 aliphatic carbocycles. The molecule has 0 saturated heterocycles. The number of nitrogens with zero attached hydrogens (tertiary/aromatic N) is 3. The number of hydrogen-bond acceptors (Lipinski definition) is 3. The first-order valence-corrected chi connectivity index (χ1v) is 10.1. The van der Waals surface area contributed by atoms with Crippen LogP contribution in [0.15, 0.2) is 103 Å². The first-order chi connectivity index (χ1) is 15.3. The van der Waals surface area contributed by atoms with Gasteiger partial charge in [-0.05, 0) is 22.8 Å². The zero-order chi connectivity index (χ0) is 21.0. The lowest BCUT2D eigenvalue weighted by Crippen LogP contribution is -2.22. The van der Waals surface area contributed by atoms with Crippen LogP contribution in [0.2, 0.25) is 0 Å². The van der Waals surface area contributed by atoms with E-state index in [0.717, 1.165) is 22.4 Å². The summed E-state index contributed by atoms with van der Waals surface area (Å²) >= 11 is 0. The summed E-state index contributed by atoms with van der Waals surface area (Å²) in [6.07, 6.45) is 3.29. The molecule has 0 spiro atoms. The minimum Gasteiger partial charge on any atom is -0.348 e. The molecule has 0 bridgehead atoms. The van der Waals surface area contributed by atoms with Gasteiger partial charge < -0.3 is 5.32 Å². The second kappa shape index (κ2) is 8.24. The normalized spacial score (nSPS) is 10.8. The molecule has 5 heteroatoms. The Hall–Kier alpha value is -4.25. The van der Waals surface area contributed by atoms with E-state index in [1.54, 1.807) is 16.9 Å². The van der Waals surface area contributed by atoms with Crippen molar-refractivity contribution >= 4 is 11.6 Å². The molecule has 150 valence electrons. The van der Waals surface area contributed by atoms with E-state index in [0.29, 0.717) is 17.8 Å². The van der Waals surface area contributed by atoms with Crippen LogP contribution in [0.25, 0.3) is 28.0 Å². The van der Waals surface area contributed by atoms with Crippen molar-refractivity contribution in [1.29, 1.82) is 0 Å². The second-order valence-electron chi connectivity index (χ2n) is 7.24. The maximum atomic E-state index is 12.7. The average Bonchev–Trinajstić information content (AvgIpc) is 3.28. The van der Waals surface area contributed by atoms with Crippen LogP contribution < -0.4 is 5.32 Å². The van der Waals surface area contributed by atoms with Crippen LogP contribution in [0.5, 0.6) is 0 Å². The van der Waals surface area contributed by atoms with Gasteiger partial charge in [0.05, 0.1) is 11.9 Å². The van der Waals surface area contributed by atoms with Crippen molar-refractivity contribution < 1.29 is 4.79 Å². The highest BCUT2D eigenvalue weighted by Gasteiger charge is 2.16. The third kappa shape index (κ3) is 3.81. The zero-order valence-corrected chi connectivity index (χ0v) is 16.8. The number of carbonyl (C=O) groups is 1. The van der Waals surface area contributed by atoms with Gasteiger partial charge in [0.15, 0.2) is 5.65 Å². The third-order valence-corrected chi connectivity index (χ3v) is 5.23. The number of amides is 1. The van der Waals surface area contributed by atoms with Crippen molar-refractivity contribution in [2.75, 3.05) is 0 Å². The molecule has 5 aromatic rings. The summed E-state index contributed by atoms with van der Waals surface area (Å²) < 4.78 is 1.72. The minimum absolute atomic E-state index is 0.192. The Morgan fingerprint density at radius 3 is 2.16 bits per heavy atom. The second-order valence-corrected chi connectivity index (χ2v) is 7.24. The Balaban J connectivity index is 1.42. The van der Waals surface area contributed by atoms with Crippen LogP contribution >= 0.6 is 0 Å². The summed E-state index contributed by atoms with van der Waals surface area (Å²) in [6.45, 7) is 0.456. The van der Waals surface area contributed by atoms with Crippen LogP contribution in [0, 0.1) is 0 Å². The number of fused-ring (bicyclic) bond motifs is 1. The number of nitrogens with one attached hydrogen (secondary N) is 1. The van der Waals surface area contributed by atoms with Crippen molar-refractivity contribution in [3.63, 3.8) is 0 Å².